The molecule has 2 N–H and O–H groups in total. The van der Waals surface area contributed by atoms with Crippen molar-refractivity contribution < 1.29 is 14.3 Å². The first-order valence-corrected chi connectivity index (χ1v) is 7.36. The molecule has 0 aliphatic heterocycles. The Morgan fingerprint density at radius 3 is 2.64 bits per heavy atom. The lowest BCUT2D eigenvalue weighted by molar-refractivity contribution is 0.200. The SMILES string of the molecule is OCCOc1ccccc1CNCc1coc2ccccc12. The molecule has 3 rings (SSSR count). The van der Waals surface area contributed by atoms with Gasteiger partial charge in [-0.25, -0.2) is 0 Å². The largest absolute Gasteiger partial charge is 0.491 e. The van der Waals surface area contributed by atoms with Gasteiger partial charge in [-0.05, 0) is 12.1 Å². The summed E-state index contributed by atoms with van der Waals surface area (Å²) in [4.78, 5) is 0. The molecule has 22 heavy (non-hydrogen) atoms. The number of benzene rings is 2. The maximum atomic E-state index is 8.87. The molecule has 4 heteroatoms. The van der Waals surface area contributed by atoms with Crippen molar-refractivity contribution in [3.05, 3.63) is 65.9 Å². The minimum Gasteiger partial charge on any atom is -0.491 e. The van der Waals surface area contributed by atoms with Crippen LogP contribution in [0.3, 0.4) is 0 Å². The normalized spacial score (nSPS) is 11.0. The first kappa shape index (κ1) is 14.6. The summed E-state index contributed by atoms with van der Waals surface area (Å²) in [5.74, 6) is 0.807. The second-order valence-electron chi connectivity index (χ2n) is 5.04. The third kappa shape index (κ3) is 3.30. The Bertz CT molecular complexity index is 736. The zero-order chi connectivity index (χ0) is 15.2. The molecule has 0 fully saturated rings. The summed E-state index contributed by atoms with van der Waals surface area (Å²) < 4.78 is 11.1. The van der Waals surface area contributed by atoms with Crippen molar-refractivity contribution in [3.63, 3.8) is 0 Å². The third-order valence-corrected chi connectivity index (χ3v) is 3.51. The van der Waals surface area contributed by atoms with Crippen LogP contribution in [-0.2, 0) is 13.1 Å². The van der Waals surface area contributed by atoms with Crippen molar-refractivity contribution in [2.45, 2.75) is 13.1 Å². The molecule has 0 saturated carbocycles. The van der Waals surface area contributed by atoms with Gasteiger partial charge < -0.3 is 19.6 Å². The summed E-state index contributed by atoms with van der Waals surface area (Å²) in [5, 5.41) is 13.4. The number of rotatable bonds is 7. The van der Waals surface area contributed by atoms with E-state index in [-0.39, 0.29) is 6.61 Å². The van der Waals surface area contributed by atoms with Crippen LogP contribution in [0.2, 0.25) is 0 Å². The first-order valence-electron chi connectivity index (χ1n) is 7.36. The van der Waals surface area contributed by atoms with Gasteiger partial charge in [-0.1, -0.05) is 36.4 Å². The molecule has 4 nitrogen and oxygen atoms in total. The fourth-order valence-corrected chi connectivity index (χ4v) is 2.45. The Hall–Kier alpha value is -2.30. The van der Waals surface area contributed by atoms with Gasteiger partial charge in [0.25, 0.3) is 0 Å². The summed E-state index contributed by atoms with van der Waals surface area (Å²) in [6, 6.07) is 15.9. The second-order valence-corrected chi connectivity index (χ2v) is 5.04. The molecule has 1 aromatic heterocycles. The molecule has 3 aromatic rings. The highest BCUT2D eigenvalue weighted by Gasteiger charge is 2.06. The highest BCUT2D eigenvalue weighted by molar-refractivity contribution is 5.80. The van der Waals surface area contributed by atoms with Crippen LogP contribution in [0.1, 0.15) is 11.1 Å². The summed E-state index contributed by atoms with van der Waals surface area (Å²) in [5.41, 5.74) is 3.12. The Kier molecular flexibility index (Phi) is 4.73. The summed E-state index contributed by atoms with van der Waals surface area (Å²) >= 11 is 0. The molecule has 1 heterocycles. The molecule has 0 aliphatic carbocycles. The number of aliphatic hydroxyl groups excluding tert-OH is 1. The molecule has 0 bridgehead atoms. The van der Waals surface area contributed by atoms with Gasteiger partial charge in [-0.3, -0.25) is 0 Å². The lowest BCUT2D eigenvalue weighted by Crippen LogP contribution is -2.14. The smallest absolute Gasteiger partial charge is 0.134 e. The maximum absolute atomic E-state index is 8.87. The number of hydrogen-bond donors (Lipinski definition) is 2. The van der Waals surface area contributed by atoms with E-state index < -0.39 is 0 Å². The number of hydrogen-bond acceptors (Lipinski definition) is 4. The van der Waals surface area contributed by atoms with Crippen molar-refractivity contribution >= 4 is 11.0 Å². The Labute approximate surface area is 129 Å². The molecule has 0 aliphatic rings. The van der Waals surface area contributed by atoms with Crippen LogP contribution in [0.15, 0.2) is 59.2 Å². The lowest BCUT2D eigenvalue weighted by atomic mass is 10.1. The minimum absolute atomic E-state index is 0.0166. The summed E-state index contributed by atoms with van der Waals surface area (Å²) in [7, 11) is 0. The third-order valence-electron chi connectivity index (χ3n) is 3.51. The molecule has 0 saturated heterocycles. The van der Waals surface area contributed by atoms with Crippen molar-refractivity contribution in [2.75, 3.05) is 13.2 Å². The van der Waals surface area contributed by atoms with E-state index in [2.05, 4.69) is 11.4 Å². The van der Waals surface area contributed by atoms with E-state index in [0.717, 1.165) is 34.4 Å². The number of furan rings is 1. The zero-order valence-electron chi connectivity index (χ0n) is 12.3. The minimum atomic E-state index is 0.0166. The van der Waals surface area contributed by atoms with Gasteiger partial charge in [0.1, 0.15) is 17.9 Å². The Morgan fingerprint density at radius 2 is 1.73 bits per heavy atom. The highest BCUT2D eigenvalue weighted by Crippen LogP contribution is 2.21. The molecule has 2 aromatic carbocycles. The number of ether oxygens (including phenoxy) is 1. The van der Waals surface area contributed by atoms with Crippen molar-refractivity contribution in [3.8, 4) is 5.75 Å². The van der Waals surface area contributed by atoms with Crippen LogP contribution in [-0.4, -0.2) is 18.3 Å². The highest BCUT2D eigenvalue weighted by atomic mass is 16.5. The molecule has 0 atom stereocenters. The van der Waals surface area contributed by atoms with Crippen molar-refractivity contribution in [2.24, 2.45) is 0 Å². The maximum Gasteiger partial charge on any atom is 0.134 e. The standard InChI is InChI=1S/C18H19NO3/c20-9-10-21-17-7-3-1-5-14(17)11-19-12-15-13-22-18-8-4-2-6-16(15)18/h1-8,13,19-20H,9-12H2. The van der Waals surface area contributed by atoms with Crippen LogP contribution >= 0.6 is 0 Å². The van der Waals surface area contributed by atoms with Crippen LogP contribution < -0.4 is 10.1 Å². The molecule has 0 unspecified atom stereocenters. The lowest BCUT2D eigenvalue weighted by Gasteiger charge is -2.11. The Balaban J connectivity index is 1.63. The second kappa shape index (κ2) is 7.11. The van der Waals surface area contributed by atoms with Crippen molar-refractivity contribution in [1.82, 2.24) is 5.32 Å². The summed E-state index contributed by atoms with van der Waals surface area (Å²) in [6.07, 6.45) is 1.80. The number of fused-ring (bicyclic) bond motifs is 1. The number of para-hydroxylation sites is 2. The van der Waals surface area contributed by atoms with Gasteiger partial charge in [0.2, 0.25) is 0 Å². The van der Waals surface area contributed by atoms with Crippen LogP contribution in [0.4, 0.5) is 0 Å². The molecule has 0 spiro atoms. The van der Waals surface area contributed by atoms with E-state index in [1.54, 1.807) is 6.26 Å². The average Bonchev–Trinajstić information content (AvgIpc) is 2.97. The van der Waals surface area contributed by atoms with Gasteiger partial charge in [-0.2, -0.15) is 0 Å². The van der Waals surface area contributed by atoms with Gasteiger partial charge >= 0.3 is 0 Å². The molecule has 114 valence electrons. The number of nitrogens with one attached hydrogen (secondary N) is 1. The fourth-order valence-electron chi connectivity index (χ4n) is 2.45. The Morgan fingerprint density at radius 1 is 0.955 bits per heavy atom. The van der Waals surface area contributed by atoms with Gasteiger partial charge in [0.15, 0.2) is 0 Å². The van der Waals surface area contributed by atoms with Crippen molar-refractivity contribution in [1.29, 1.82) is 0 Å². The predicted molar refractivity (Wildman–Crippen MR) is 85.8 cm³/mol. The topological polar surface area (TPSA) is 54.6 Å². The van der Waals surface area contributed by atoms with E-state index in [0.29, 0.717) is 13.2 Å². The number of aliphatic hydroxyl groups is 1. The predicted octanol–water partition coefficient (Wildman–Crippen LogP) is 3.09. The molecule has 0 amide bonds. The van der Waals surface area contributed by atoms with E-state index in [1.807, 2.05) is 42.5 Å². The summed E-state index contributed by atoms with van der Waals surface area (Å²) in [6.45, 7) is 1.75. The van der Waals surface area contributed by atoms with E-state index in [4.69, 9.17) is 14.3 Å². The molecular weight excluding hydrogens is 278 g/mol. The van der Waals surface area contributed by atoms with E-state index >= 15 is 0 Å². The monoisotopic (exact) mass is 297 g/mol. The molecular formula is C18H19NO3. The van der Waals surface area contributed by atoms with E-state index in [9.17, 15) is 0 Å². The zero-order valence-corrected chi connectivity index (χ0v) is 12.3. The van der Waals surface area contributed by atoms with Crippen LogP contribution in [0.5, 0.6) is 5.75 Å². The molecule has 0 radical (unpaired) electrons. The first-order chi connectivity index (χ1) is 10.9. The van der Waals surface area contributed by atoms with E-state index in [1.165, 1.54) is 0 Å². The van der Waals surface area contributed by atoms with Crippen LogP contribution in [0.25, 0.3) is 11.0 Å². The van der Waals surface area contributed by atoms with Gasteiger partial charge in [0.05, 0.1) is 12.9 Å². The fraction of sp³-hybridized carbons (Fsp3) is 0.222. The van der Waals surface area contributed by atoms with Crippen LogP contribution in [0, 0.1) is 0 Å². The quantitative estimate of drug-likeness (QED) is 0.703. The average molecular weight is 297 g/mol. The van der Waals surface area contributed by atoms with Gasteiger partial charge in [-0.15, -0.1) is 0 Å². The van der Waals surface area contributed by atoms with Gasteiger partial charge in [0, 0.05) is 29.6 Å².